The highest BCUT2D eigenvalue weighted by molar-refractivity contribution is 5.98. The minimum atomic E-state index is -0.119. The molecule has 0 spiro atoms. The summed E-state index contributed by atoms with van der Waals surface area (Å²) in [5, 5.41) is 2.52. The molecule has 0 saturated carbocycles. The van der Waals surface area contributed by atoms with Gasteiger partial charge < -0.3 is 0 Å². The average Bonchev–Trinajstić information content (AvgIpc) is 3.30. The lowest BCUT2D eigenvalue weighted by Crippen LogP contribution is -2.14. The van der Waals surface area contributed by atoms with Crippen LogP contribution in [0.4, 0.5) is 0 Å². The molecule has 7 aromatic rings. The maximum atomic E-state index is 5.21. The molecule has 1 aliphatic carbocycles. The molecule has 2 aromatic heterocycles. The lowest BCUT2D eigenvalue weighted by molar-refractivity contribution is 0.661. The molecule has 43 heavy (non-hydrogen) atoms. The van der Waals surface area contributed by atoms with Crippen LogP contribution < -0.4 is 0 Å². The van der Waals surface area contributed by atoms with Crippen molar-refractivity contribution in [3.8, 4) is 56.2 Å². The number of hydrogen-bond acceptors (Lipinski definition) is 3. The first-order valence-corrected chi connectivity index (χ1v) is 14.7. The van der Waals surface area contributed by atoms with Gasteiger partial charge in [-0.2, -0.15) is 0 Å². The van der Waals surface area contributed by atoms with Crippen LogP contribution in [0.2, 0.25) is 0 Å². The Kier molecular flexibility index (Phi) is 5.80. The molecule has 2 heterocycles. The molecule has 0 amide bonds. The fourth-order valence-corrected chi connectivity index (χ4v) is 6.51. The van der Waals surface area contributed by atoms with Crippen molar-refractivity contribution >= 4 is 10.8 Å². The Labute approximate surface area is 251 Å². The van der Waals surface area contributed by atoms with Gasteiger partial charge in [-0.15, -0.1) is 0 Å². The summed E-state index contributed by atoms with van der Waals surface area (Å²) in [6.45, 7) is 4.67. The largest absolute Gasteiger partial charge is 0.265 e. The van der Waals surface area contributed by atoms with E-state index < -0.39 is 0 Å². The van der Waals surface area contributed by atoms with Crippen LogP contribution in [0.3, 0.4) is 0 Å². The summed E-state index contributed by atoms with van der Waals surface area (Å²) in [7, 11) is 0. The van der Waals surface area contributed by atoms with E-state index in [0.29, 0.717) is 0 Å². The van der Waals surface area contributed by atoms with E-state index in [2.05, 4.69) is 116 Å². The van der Waals surface area contributed by atoms with Crippen LogP contribution in [0, 0.1) is 0 Å². The van der Waals surface area contributed by atoms with Crippen LogP contribution in [0.1, 0.15) is 25.0 Å². The highest BCUT2D eigenvalue weighted by Crippen LogP contribution is 2.53. The normalized spacial score (nSPS) is 13.1. The SMILES string of the molecule is CC1(C)c2cc3ccccc3cc2-c2c(-c3cc(-c4ccc(-c5ccncc5)cc4)nc(-c4ccccc4)n3)cccc21. The summed E-state index contributed by atoms with van der Waals surface area (Å²) in [5.41, 5.74) is 12.4. The Morgan fingerprint density at radius 3 is 1.88 bits per heavy atom. The molecular formula is C40H29N3. The number of benzene rings is 5. The minimum Gasteiger partial charge on any atom is -0.265 e. The van der Waals surface area contributed by atoms with Crippen molar-refractivity contribution in [2.75, 3.05) is 0 Å². The molecule has 0 atom stereocenters. The van der Waals surface area contributed by atoms with E-state index in [9.17, 15) is 0 Å². The van der Waals surface area contributed by atoms with Crippen molar-refractivity contribution in [2.45, 2.75) is 19.3 Å². The van der Waals surface area contributed by atoms with Gasteiger partial charge in [0, 0.05) is 34.5 Å². The Bertz CT molecular complexity index is 2130. The number of fused-ring (bicyclic) bond motifs is 4. The number of pyridine rings is 1. The minimum absolute atomic E-state index is 0.119. The lowest BCUT2D eigenvalue weighted by Gasteiger charge is -2.22. The van der Waals surface area contributed by atoms with E-state index in [1.807, 2.05) is 42.7 Å². The summed E-state index contributed by atoms with van der Waals surface area (Å²) < 4.78 is 0. The van der Waals surface area contributed by atoms with Crippen molar-refractivity contribution in [3.63, 3.8) is 0 Å². The van der Waals surface area contributed by atoms with Gasteiger partial charge in [0.1, 0.15) is 0 Å². The van der Waals surface area contributed by atoms with E-state index >= 15 is 0 Å². The molecular weight excluding hydrogens is 522 g/mol. The first-order valence-electron chi connectivity index (χ1n) is 14.7. The van der Waals surface area contributed by atoms with Gasteiger partial charge in [0.05, 0.1) is 11.4 Å². The summed E-state index contributed by atoms with van der Waals surface area (Å²) in [5.74, 6) is 0.722. The monoisotopic (exact) mass is 551 g/mol. The third kappa shape index (κ3) is 4.24. The predicted molar refractivity (Wildman–Crippen MR) is 177 cm³/mol. The molecule has 1 aliphatic rings. The van der Waals surface area contributed by atoms with Gasteiger partial charge in [-0.05, 0) is 74.5 Å². The van der Waals surface area contributed by atoms with Crippen LogP contribution in [-0.4, -0.2) is 15.0 Å². The van der Waals surface area contributed by atoms with E-state index in [1.54, 1.807) is 0 Å². The molecule has 0 bridgehead atoms. The van der Waals surface area contributed by atoms with Crippen molar-refractivity contribution in [1.82, 2.24) is 15.0 Å². The van der Waals surface area contributed by atoms with Gasteiger partial charge in [0.25, 0.3) is 0 Å². The van der Waals surface area contributed by atoms with Crippen molar-refractivity contribution in [1.29, 1.82) is 0 Å². The highest BCUT2D eigenvalue weighted by atomic mass is 14.9. The number of rotatable bonds is 4. The van der Waals surface area contributed by atoms with Crippen molar-refractivity contribution in [2.24, 2.45) is 0 Å². The van der Waals surface area contributed by atoms with Crippen molar-refractivity contribution in [3.05, 3.63) is 151 Å². The quantitative estimate of drug-likeness (QED) is 0.218. The Balaban J connectivity index is 1.33. The van der Waals surface area contributed by atoms with E-state index in [1.165, 1.54) is 33.0 Å². The van der Waals surface area contributed by atoms with Crippen molar-refractivity contribution < 1.29 is 0 Å². The van der Waals surface area contributed by atoms with E-state index in [4.69, 9.17) is 9.97 Å². The predicted octanol–water partition coefficient (Wildman–Crippen LogP) is 10.00. The molecule has 0 N–H and O–H groups in total. The molecule has 3 heteroatoms. The third-order valence-electron chi connectivity index (χ3n) is 8.79. The fraction of sp³-hybridized carbons (Fsp3) is 0.0750. The molecule has 8 rings (SSSR count). The van der Waals surface area contributed by atoms with Gasteiger partial charge in [-0.25, -0.2) is 9.97 Å². The summed E-state index contributed by atoms with van der Waals surface area (Å²) in [4.78, 5) is 14.5. The van der Waals surface area contributed by atoms with Gasteiger partial charge in [0.2, 0.25) is 0 Å². The molecule has 0 unspecified atom stereocenters. The molecule has 3 nitrogen and oxygen atoms in total. The second-order valence-electron chi connectivity index (χ2n) is 11.7. The highest BCUT2D eigenvalue weighted by Gasteiger charge is 2.37. The fourth-order valence-electron chi connectivity index (χ4n) is 6.51. The van der Waals surface area contributed by atoms with E-state index in [-0.39, 0.29) is 5.41 Å². The second kappa shape index (κ2) is 9.85. The Hall–Kier alpha value is -5.41. The van der Waals surface area contributed by atoms with Gasteiger partial charge in [-0.3, -0.25) is 4.98 Å². The number of aromatic nitrogens is 3. The third-order valence-corrected chi connectivity index (χ3v) is 8.79. The number of nitrogens with zero attached hydrogens (tertiary/aromatic N) is 3. The molecule has 0 saturated heterocycles. The van der Waals surface area contributed by atoms with Gasteiger partial charge in [-0.1, -0.05) is 111 Å². The first-order chi connectivity index (χ1) is 21.1. The molecule has 204 valence electrons. The van der Waals surface area contributed by atoms with Crippen LogP contribution in [0.25, 0.3) is 66.9 Å². The summed E-state index contributed by atoms with van der Waals surface area (Å²) in [6.07, 6.45) is 3.65. The van der Waals surface area contributed by atoms with Crippen LogP contribution >= 0.6 is 0 Å². The van der Waals surface area contributed by atoms with Gasteiger partial charge in [0.15, 0.2) is 5.82 Å². The zero-order chi connectivity index (χ0) is 29.0. The Morgan fingerprint density at radius 2 is 1.12 bits per heavy atom. The standard InChI is InChI=1S/C40H29N3/c1-40(2)34-14-8-13-32(38(34)33-23-30-11-6-7-12-31(30)24-35(33)40)37-25-36(42-39(43-37)29-9-4-3-5-10-29)28-17-15-26(16-18-28)27-19-21-41-22-20-27/h3-25H,1-2H3. The zero-order valence-electron chi connectivity index (χ0n) is 24.1. The second-order valence-corrected chi connectivity index (χ2v) is 11.7. The topological polar surface area (TPSA) is 38.7 Å². The van der Waals surface area contributed by atoms with Crippen LogP contribution in [0.15, 0.2) is 140 Å². The molecule has 0 fully saturated rings. The summed E-state index contributed by atoms with van der Waals surface area (Å²) in [6, 6.07) is 45.1. The maximum absolute atomic E-state index is 5.21. The van der Waals surface area contributed by atoms with Crippen LogP contribution in [-0.2, 0) is 5.41 Å². The zero-order valence-corrected chi connectivity index (χ0v) is 24.1. The summed E-state index contributed by atoms with van der Waals surface area (Å²) >= 11 is 0. The first kappa shape index (κ1) is 25.3. The molecule has 0 aliphatic heterocycles. The number of hydrogen-bond donors (Lipinski definition) is 0. The van der Waals surface area contributed by atoms with Gasteiger partial charge >= 0.3 is 0 Å². The molecule has 0 radical (unpaired) electrons. The van der Waals surface area contributed by atoms with Crippen LogP contribution in [0.5, 0.6) is 0 Å². The van der Waals surface area contributed by atoms with E-state index in [0.717, 1.165) is 45.0 Å². The molecule has 5 aromatic carbocycles. The smallest absolute Gasteiger partial charge is 0.160 e. The Morgan fingerprint density at radius 1 is 0.465 bits per heavy atom. The lowest BCUT2D eigenvalue weighted by atomic mass is 9.81. The average molecular weight is 552 g/mol. The maximum Gasteiger partial charge on any atom is 0.160 e.